The summed E-state index contributed by atoms with van der Waals surface area (Å²) in [5, 5.41) is 5.02. The van der Waals surface area contributed by atoms with E-state index in [9.17, 15) is 30.0 Å². The number of halogens is 3. The molecule has 0 aliphatic carbocycles. The van der Waals surface area contributed by atoms with E-state index in [4.69, 9.17) is 5.14 Å². The Bertz CT molecular complexity index is 807. The maximum Gasteiger partial charge on any atom is 0.501 e. The Kier molecular flexibility index (Phi) is 5.17. The molecule has 1 aromatic rings. The van der Waals surface area contributed by atoms with Crippen molar-refractivity contribution in [2.24, 2.45) is 11.1 Å². The van der Waals surface area contributed by atoms with E-state index in [2.05, 4.69) is 0 Å². The molecule has 0 unspecified atom stereocenters. The largest absolute Gasteiger partial charge is 0.501 e. The van der Waals surface area contributed by atoms with Crippen LogP contribution < -0.4 is 10.0 Å². The van der Waals surface area contributed by atoms with Crippen LogP contribution in [0.2, 0.25) is 0 Å². The average molecular weight is 386 g/mol. The number of anilines is 1. The minimum absolute atomic E-state index is 0.0751. The summed E-state index contributed by atoms with van der Waals surface area (Å²) >= 11 is 0. The van der Waals surface area contributed by atoms with E-state index in [-0.39, 0.29) is 23.9 Å². The van der Waals surface area contributed by atoms with E-state index in [1.54, 1.807) is 0 Å². The second-order valence-corrected chi connectivity index (χ2v) is 9.27. The number of hydrogen-bond donors (Lipinski definition) is 1. The maximum absolute atomic E-state index is 12.9. The molecule has 1 aliphatic heterocycles. The molecule has 24 heavy (non-hydrogen) atoms. The van der Waals surface area contributed by atoms with Crippen LogP contribution in [-0.2, 0) is 19.9 Å². The molecule has 2 rings (SSSR count). The van der Waals surface area contributed by atoms with Crippen LogP contribution in [0.25, 0.3) is 0 Å². The van der Waals surface area contributed by atoms with Crippen LogP contribution >= 0.6 is 0 Å². The first-order valence-electron chi connectivity index (χ1n) is 7.07. The molecule has 0 aromatic heterocycles. The number of nitrogens with two attached hydrogens (primary N) is 1. The maximum atomic E-state index is 12.9. The monoisotopic (exact) mass is 386 g/mol. The van der Waals surface area contributed by atoms with Gasteiger partial charge in [0.1, 0.15) is 0 Å². The second-order valence-electron chi connectivity index (χ2n) is 5.70. The molecule has 0 radical (unpaired) electrons. The van der Waals surface area contributed by atoms with Crippen LogP contribution in [-0.4, -0.2) is 41.2 Å². The molecule has 1 heterocycles. The highest BCUT2D eigenvalue weighted by Gasteiger charge is 2.48. The second kappa shape index (κ2) is 6.52. The highest BCUT2D eigenvalue weighted by Crippen LogP contribution is 2.37. The van der Waals surface area contributed by atoms with Gasteiger partial charge in [-0.1, -0.05) is 12.1 Å². The van der Waals surface area contributed by atoms with Crippen molar-refractivity contribution in [2.45, 2.75) is 23.2 Å². The van der Waals surface area contributed by atoms with Gasteiger partial charge in [-0.15, -0.1) is 0 Å². The normalized spacial score (nSPS) is 20.2. The lowest BCUT2D eigenvalue weighted by atomic mass is 9.99. The Labute approximate surface area is 138 Å². The molecule has 1 aliphatic rings. The number of hydrogen-bond acceptors (Lipinski definition) is 5. The van der Waals surface area contributed by atoms with E-state index in [1.165, 1.54) is 23.1 Å². The van der Waals surface area contributed by atoms with Crippen LogP contribution in [0.15, 0.2) is 29.2 Å². The van der Waals surface area contributed by atoms with Crippen LogP contribution in [0.1, 0.15) is 12.8 Å². The lowest BCUT2D eigenvalue weighted by Gasteiger charge is -2.35. The van der Waals surface area contributed by atoms with Crippen molar-refractivity contribution < 1.29 is 30.0 Å². The third-order valence-corrected chi connectivity index (χ3v) is 6.26. The Morgan fingerprint density at radius 1 is 1.17 bits per heavy atom. The molecule has 2 N–H and O–H groups in total. The molecule has 0 bridgehead atoms. The van der Waals surface area contributed by atoms with E-state index in [0.29, 0.717) is 19.4 Å². The summed E-state index contributed by atoms with van der Waals surface area (Å²) < 4.78 is 84.5. The Balaban J connectivity index is 2.37. The third-order valence-electron chi connectivity index (χ3n) is 3.79. The SMILES string of the molecule is NS(=O)(=O)C[C@H]1CCCN(c2ccccc2S(=O)(=O)C(F)(F)F)C1. The smallest absolute Gasteiger partial charge is 0.370 e. The van der Waals surface area contributed by atoms with Crippen molar-refractivity contribution in [2.75, 3.05) is 23.7 Å². The Morgan fingerprint density at radius 2 is 1.79 bits per heavy atom. The van der Waals surface area contributed by atoms with Gasteiger partial charge in [0.2, 0.25) is 10.0 Å². The highest BCUT2D eigenvalue weighted by atomic mass is 32.2. The van der Waals surface area contributed by atoms with Crippen molar-refractivity contribution >= 4 is 25.5 Å². The number of sulfone groups is 1. The quantitative estimate of drug-likeness (QED) is 0.845. The van der Waals surface area contributed by atoms with Gasteiger partial charge in [-0.05, 0) is 30.9 Å². The van der Waals surface area contributed by atoms with E-state index in [1.807, 2.05) is 0 Å². The number of primary sulfonamides is 1. The first-order valence-corrected chi connectivity index (χ1v) is 10.3. The summed E-state index contributed by atoms with van der Waals surface area (Å²) in [6.45, 7) is 0.465. The van der Waals surface area contributed by atoms with Crippen LogP contribution in [0.5, 0.6) is 0 Å². The molecular formula is C13H17F3N2O4S2. The van der Waals surface area contributed by atoms with E-state index in [0.717, 1.165) is 6.07 Å². The summed E-state index contributed by atoms with van der Waals surface area (Å²) in [5.74, 6) is -0.659. The number of nitrogens with zero attached hydrogens (tertiary/aromatic N) is 1. The summed E-state index contributed by atoms with van der Waals surface area (Å²) in [7, 11) is -9.21. The molecule has 1 atom stereocenters. The molecule has 1 saturated heterocycles. The fraction of sp³-hybridized carbons (Fsp3) is 0.538. The van der Waals surface area contributed by atoms with Gasteiger partial charge in [0.25, 0.3) is 9.84 Å². The Hall–Kier alpha value is -1.33. The zero-order valence-electron chi connectivity index (χ0n) is 12.5. The molecule has 6 nitrogen and oxygen atoms in total. The highest BCUT2D eigenvalue weighted by molar-refractivity contribution is 7.92. The van der Waals surface area contributed by atoms with Gasteiger partial charge in [0.05, 0.1) is 16.3 Å². The van der Waals surface area contributed by atoms with Crippen molar-refractivity contribution in [3.05, 3.63) is 24.3 Å². The lowest BCUT2D eigenvalue weighted by Crippen LogP contribution is -2.40. The fourth-order valence-electron chi connectivity index (χ4n) is 2.82. The van der Waals surface area contributed by atoms with Gasteiger partial charge in [0.15, 0.2) is 0 Å². The Morgan fingerprint density at radius 3 is 2.38 bits per heavy atom. The summed E-state index contributed by atoms with van der Waals surface area (Å²) in [5.41, 5.74) is -5.48. The molecule has 1 fully saturated rings. The number of piperidine rings is 1. The van der Waals surface area contributed by atoms with Crippen LogP contribution in [0.3, 0.4) is 0 Å². The van der Waals surface area contributed by atoms with Gasteiger partial charge >= 0.3 is 5.51 Å². The third kappa shape index (κ3) is 4.19. The minimum Gasteiger partial charge on any atom is -0.370 e. The van der Waals surface area contributed by atoms with Crippen LogP contribution in [0.4, 0.5) is 18.9 Å². The molecule has 0 spiro atoms. The molecule has 11 heteroatoms. The number of alkyl halides is 3. The molecule has 0 saturated carbocycles. The summed E-state index contributed by atoms with van der Waals surface area (Å²) in [6, 6.07) is 4.85. The molecule has 0 amide bonds. The topological polar surface area (TPSA) is 97.5 Å². The summed E-state index contributed by atoms with van der Waals surface area (Å²) in [4.78, 5) is 0.645. The minimum atomic E-state index is -5.49. The first-order chi connectivity index (χ1) is 10.9. The zero-order chi connectivity index (χ0) is 18.2. The average Bonchev–Trinajstić information content (AvgIpc) is 2.44. The van der Waals surface area contributed by atoms with Crippen molar-refractivity contribution in [3.8, 4) is 0 Å². The van der Waals surface area contributed by atoms with Gasteiger partial charge < -0.3 is 4.90 Å². The zero-order valence-corrected chi connectivity index (χ0v) is 14.2. The molecule has 1 aromatic carbocycles. The summed E-state index contributed by atoms with van der Waals surface area (Å²) in [6.07, 6.45) is 1.09. The predicted molar refractivity (Wildman–Crippen MR) is 82.6 cm³/mol. The number of rotatable bonds is 4. The van der Waals surface area contributed by atoms with Crippen molar-refractivity contribution in [1.82, 2.24) is 0 Å². The van der Waals surface area contributed by atoms with Crippen molar-refractivity contribution in [3.63, 3.8) is 0 Å². The fourth-order valence-corrected chi connectivity index (χ4v) is 4.73. The van der Waals surface area contributed by atoms with Gasteiger partial charge in [0, 0.05) is 13.1 Å². The number of benzene rings is 1. The van der Waals surface area contributed by atoms with E-state index < -0.39 is 30.3 Å². The predicted octanol–water partition coefficient (Wildman–Crippen LogP) is 1.48. The van der Waals surface area contributed by atoms with Gasteiger partial charge in [-0.2, -0.15) is 13.2 Å². The molecule has 136 valence electrons. The molecular weight excluding hydrogens is 369 g/mol. The number of para-hydroxylation sites is 1. The van der Waals surface area contributed by atoms with Crippen LogP contribution in [0, 0.1) is 5.92 Å². The number of sulfonamides is 1. The van der Waals surface area contributed by atoms with Gasteiger partial charge in [-0.25, -0.2) is 22.0 Å². The van der Waals surface area contributed by atoms with E-state index >= 15 is 0 Å². The van der Waals surface area contributed by atoms with Gasteiger partial charge in [-0.3, -0.25) is 0 Å². The standard InChI is InChI=1S/C13H17F3N2O4S2/c14-13(15,16)24(21,22)12-6-2-1-5-11(12)18-7-3-4-10(8-18)9-23(17,19)20/h1-2,5-6,10H,3-4,7-9H2,(H2,17,19,20)/t10-/m0/s1. The first kappa shape index (κ1) is 19.0. The van der Waals surface area contributed by atoms with Crippen molar-refractivity contribution in [1.29, 1.82) is 0 Å². The lowest BCUT2D eigenvalue weighted by molar-refractivity contribution is -0.0435.